The van der Waals surface area contributed by atoms with Crippen LogP contribution in [-0.2, 0) is 0 Å². The quantitative estimate of drug-likeness (QED) is 0.798. The first kappa shape index (κ1) is 12.0. The van der Waals surface area contributed by atoms with Gasteiger partial charge in [-0.3, -0.25) is 0 Å². The molecule has 0 heterocycles. The zero-order chi connectivity index (χ0) is 12.4. The summed E-state index contributed by atoms with van der Waals surface area (Å²) in [5.74, 6) is -1.97. The third-order valence-corrected chi connectivity index (χ3v) is 2.92. The summed E-state index contributed by atoms with van der Waals surface area (Å²) in [5, 5.41) is 0. The molecular weight excluding hydrogens is 290 g/mol. The molecular formula is C13H9BrF2O. The molecule has 0 atom stereocenters. The summed E-state index contributed by atoms with van der Waals surface area (Å²) in [6, 6.07) is 9.93. The van der Waals surface area contributed by atoms with E-state index in [-0.39, 0.29) is 5.75 Å². The van der Waals surface area contributed by atoms with Gasteiger partial charge in [-0.15, -0.1) is 0 Å². The molecule has 2 aromatic rings. The summed E-state index contributed by atoms with van der Waals surface area (Å²) >= 11 is 3.31. The fraction of sp³-hybridized carbons (Fsp3) is 0.0769. The number of hydrogen-bond acceptors (Lipinski definition) is 1. The Kier molecular flexibility index (Phi) is 3.43. The lowest BCUT2D eigenvalue weighted by Gasteiger charge is -2.07. The van der Waals surface area contributed by atoms with E-state index in [1.165, 1.54) is 13.2 Å². The Balaban J connectivity index is 2.52. The minimum atomic E-state index is -0.964. The van der Waals surface area contributed by atoms with Gasteiger partial charge in [0.2, 0.25) is 5.82 Å². The van der Waals surface area contributed by atoms with Crippen LogP contribution in [0, 0.1) is 11.6 Å². The van der Waals surface area contributed by atoms with Crippen LogP contribution in [-0.4, -0.2) is 7.11 Å². The zero-order valence-corrected chi connectivity index (χ0v) is 10.6. The monoisotopic (exact) mass is 298 g/mol. The van der Waals surface area contributed by atoms with Crippen molar-refractivity contribution in [1.82, 2.24) is 0 Å². The Bertz CT molecular complexity index is 538. The van der Waals surface area contributed by atoms with Crippen molar-refractivity contribution < 1.29 is 13.5 Å². The Morgan fingerprint density at radius 3 is 2.24 bits per heavy atom. The van der Waals surface area contributed by atoms with E-state index >= 15 is 0 Å². The van der Waals surface area contributed by atoms with Gasteiger partial charge in [-0.1, -0.05) is 28.1 Å². The molecule has 0 aliphatic rings. The van der Waals surface area contributed by atoms with Crippen molar-refractivity contribution >= 4 is 15.9 Å². The minimum absolute atomic E-state index is 0.0945. The van der Waals surface area contributed by atoms with Crippen LogP contribution in [0.5, 0.6) is 5.75 Å². The average Bonchev–Trinajstić information content (AvgIpc) is 2.33. The molecule has 0 radical (unpaired) electrons. The molecule has 0 amide bonds. The van der Waals surface area contributed by atoms with E-state index in [1.54, 1.807) is 0 Å². The van der Waals surface area contributed by atoms with Crippen LogP contribution < -0.4 is 4.74 Å². The molecule has 0 aliphatic carbocycles. The van der Waals surface area contributed by atoms with Crippen LogP contribution in [0.15, 0.2) is 40.9 Å². The van der Waals surface area contributed by atoms with Crippen molar-refractivity contribution in [2.45, 2.75) is 0 Å². The molecule has 2 aromatic carbocycles. The summed E-state index contributed by atoms with van der Waals surface area (Å²) in [7, 11) is 1.31. The molecule has 4 heteroatoms. The van der Waals surface area contributed by atoms with Gasteiger partial charge in [0, 0.05) is 4.47 Å². The van der Waals surface area contributed by atoms with Crippen LogP contribution in [0.25, 0.3) is 11.1 Å². The number of halogens is 3. The van der Waals surface area contributed by atoms with Crippen molar-refractivity contribution in [2.75, 3.05) is 7.11 Å². The predicted molar refractivity (Wildman–Crippen MR) is 66.0 cm³/mol. The normalized spacial score (nSPS) is 10.4. The van der Waals surface area contributed by atoms with Crippen molar-refractivity contribution in [2.24, 2.45) is 0 Å². The highest BCUT2D eigenvalue weighted by atomic mass is 79.9. The van der Waals surface area contributed by atoms with Crippen molar-refractivity contribution in [3.63, 3.8) is 0 Å². The Morgan fingerprint density at radius 2 is 1.65 bits per heavy atom. The van der Waals surface area contributed by atoms with Crippen molar-refractivity contribution in [3.8, 4) is 16.9 Å². The Hall–Kier alpha value is -1.42. The highest BCUT2D eigenvalue weighted by Crippen LogP contribution is 2.29. The second kappa shape index (κ2) is 4.84. The highest BCUT2D eigenvalue weighted by molar-refractivity contribution is 9.10. The summed E-state index contributed by atoms with van der Waals surface area (Å²) in [5.41, 5.74) is 1.37. The van der Waals surface area contributed by atoms with Crippen molar-refractivity contribution in [1.29, 1.82) is 0 Å². The second-order valence-corrected chi connectivity index (χ2v) is 4.40. The first-order valence-corrected chi connectivity index (χ1v) is 5.70. The van der Waals surface area contributed by atoms with E-state index in [9.17, 15) is 8.78 Å². The van der Waals surface area contributed by atoms with Gasteiger partial charge in [0.1, 0.15) is 0 Å². The molecule has 88 valence electrons. The molecule has 0 spiro atoms. The fourth-order valence-corrected chi connectivity index (χ4v) is 1.79. The van der Waals surface area contributed by atoms with Gasteiger partial charge < -0.3 is 4.74 Å². The maximum absolute atomic E-state index is 13.3. The molecule has 1 nitrogen and oxygen atoms in total. The third kappa shape index (κ3) is 2.47. The summed E-state index contributed by atoms with van der Waals surface area (Å²) in [6.07, 6.45) is 0. The van der Waals surface area contributed by atoms with Gasteiger partial charge in [0.25, 0.3) is 0 Å². The van der Waals surface area contributed by atoms with E-state index in [0.29, 0.717) is 5.56 Å². The predicted octanol–water partition coefficient (Wildman–Crippen LogP) is 4.40. The lowest BCUT2D eigenvalue weighted by molar-refractivity contribution is 0.372. The lowest BCUT2D eigenvalue weighted by atomic mass is 10.1. The van der Waals surface area contributed by atoms with Gasteiger partial charge in [-0.25, -0.2) is 4.39 Å². The Labute approximate surface area is 106 Å². The molecule has 0 fully saturated rings. The van der Waals surface area contributed by atoms with Gasteiger partial charge in [0.05, 0.1) is 7.11 Å². The maximum Gasteiger partial charge on any atom is 0.200 e. The van der Waals surface area contributed by atoms with Gasteiger partial charge in [-0.05, 0) is 35.4 Å². The van der Waals surface area contributed by atoms with Gasteiger partial charge in [-0.2, -0.15) is 4.39 Å². The van der Waals surface area contributed by atoms with Crippen LogP contribution in [0.3, 0.4) is 0 Å². The lowest BCUT2D eigenvalue weighted by Crippen LogP contribution is -1.93. The number of ether oxygens (including phenoxy) is 1. The first-order chi connectivity index (χ1) is 8.11. The van der Waals surface area contributed by atoms with Crippen LogP contribution in [0.4, 0.5) is 8.78 Å². The zero-order valence-electron chi connectivity index (χ0n) is 9.01. The summed E-state index contributed by atoms with van der Waals surface area (Å²) in [4.78, 5) is 0. The number of rotatable bonds is 2. The number of benzene rings is 2. The van der Waals surface area contributed by atoms with Crippen LogP contribution in [0.2, 0.25) is 0 Å². The third-order valence-electron chi connectivity index (χ3n) is 2.39. The molecule has 17 heavy (non-hydrogen) atoms. The largest absolute Gasteiger partial charge is 0.494 e. The molecule has 0 unspecified atom stereocenters. The van der Waals surface area contributed by atoms with E-state index < -0.39 is 11.6 Å². The number of hydrogen-bond donors (Lipinski definition) is 0. The molecule has 0 saturated carbocycles. The molecule has 0 saturated heterocycles. The standard InChI is InChI=1S/C13H9BrF2O/c1-17-12-7-9(6-11(15)13(12)16)8-2-4-10(14)5-3-8/h2-7H,1H3. The van der Waals surface area contributed by atoms with Crippen LogP contribution >= 0.6 is 15.9 Å². The minimum Gasteiger partial charge on any atom is -0.494 e. The molecule has 0 aromatic heterocycles. The molecule has 0 N–H and O–H groups in total. The average molecular weight is 299 g/mol. The summed E-state index contributed by atoms with van der Waals surface area (Å²) < 4.78 is 32.3. The molecule has 2 rings (SSSR count). The van der Waals surface area contributed by atoms with E-state index in [2.05, 4.69) is 15.9 Å². The maximum atomic E-state index is 13.3. The van der Waals surface area contributed by atoms with E-state index in [4.69, 9.17) is 4.74 Å². The molecule has 0 bridgehead atoms. The SMILES string of the molecule is COc1cc(-c2ccc(Br)cc2)cc(F)c1F. The number of methoxy groups -OCH3 is 1. The smallest absolute Gasteiger partial charge is 0.200 e. The first-order valence-electron chi connectivity index (χ1n) is 4.91. The fourth-order valence-electron chi connectivity index (χ4n) is 1.52. The molecule has 0 aliphatic heterocycles. The van der Waals surface area contributed by atoms with Gasteiger partial charge in [0.15, 0.2) is 11.6 Å². The van der Waals surface area contributed by atoms with E-state index in [0.717, 1.165) is 16.1 Å². The summed E-state index contributed by atoms with van der Waals surface area (Å²) in [6.45, 7) is 0. The van der Waals surface area contributed by atoms with Crippen molar-refractivity contribution in [3.05, 3.63) is 52.5 Å². The van der Waals surface area contributed by atoms with E-state index in [1.807, 2.05) is 24.3 Å². The van der Waals surface area contributed by atoms with Crippen LogP contribution in [0.1, 0.15) is 0 Å². The topological polar surface area (TPSA) is 9.23 Å². The van der Waals surface area contributed by atoms with Gasteiger partial charge >= 0.3 is 0 Å². The Morgan fingerprint density at radius 1 is 1.00 bits per heavy atom. The second-order valence-electron chi connectivity index (χ2n) is 3.48. The highest BCUT2D eigenvalue weighted by Gasteiger charge is 2.12.